The summed E-state index contributed by atoms with van der Waals surface area (Å²) in [5.74, 6) is -0.760. The van der Waals surface area contributed by atoms with Gasteiger partial charge >= 0.3 is 0 Å². The molecule has 2 aromatic rings. The molecule has 2 rings (SSSR count). The highest BCUT2D eigenvalue weighted by atomic mass is 35.5. The fraction of sp³-hybridized carbons (Fsp3) is 0.182. The van der Waals surface area contributed by atoms with Crippen LogP contribution in [0.2, 0.25) is 5.02 Å². The normalized spacial score (nSPS) is 11.8. The number of nitrogens with one attached hydrogen (secondary N) is 1. The topological polar surface area (TPSA) is 62.8 Å². The molecule has 20 heavy (non-hydrogen) atoms. The van der Waals surface area contributed by atoms with Crippen molar-refractivity contribution in [2.24, 2.45) is 0 Å². The van der Waals surface area contributed by atoms with E-state index < -0.39 is 15.7 Å². The summed E-state index contributed by atoms with van der Waals surface area (Å²) >= 11 is 15.6. The van der Waals surface area contributed by atoms with Gasteiger partial charge in [0.2, 0.25) is 0 Å². The van der Waals surface area contributed by atoms with Gasteiger partial charge in [-0.2, -0.15) is 5.10 Å². The van der Waals surface area contributed by atoms with Crippen LogP contribution in [0.3, 0.4) is 0 Å². The number of nitrogens with zero attached hydrogens (tertiary/aromatic N) is 1. The maximum absolute atomic E-state index is 14.0. The smallest absolute Gasteiger partial charge is 0.192 e. The lowest BCUT2D eigenvalue weighted by Gasteiger charge is -2.05. The number of aromatic amines is 1. The summed E-state index contributed by atoms with van der Waals surface area (Å²) in [5.41, 5.74) is 0.425. The first kappa shape index (κ1) is 15.6. The van der Waals surface area contributed by atoms with Crippen LogP contribution in [0.15, 0.2) is 22.1 Å². The highest BCUT2D eigenvalue weighted by Crippen LogP contribution is 2.33. The van der Waals surface area contributed by atoms with E-state index in [0.29, 0.717) is 4.90 Å². The molecule has 0 aliphatic rings. The average Bonchev–Trinajstić information content (AvgIpc) is 2.77. The monoisotopic (exact) mass is 354 g/mol. The van der Waals surface area contributed by atoms with Crippen molar-refractivity contribution in [2.45, 2.75) is 15.8 Å². The lowest BCUT2D eigenvalue weighted by atomic mass is 10.1. The first-order chi connectivity index (χ1) is 9.25. The summed E-state index contributed by atoms with van der Waals surface area (Å²) in [6.07, 6.45) is 1.02. The molecule has 0 bridgehead atoms. The van der Waals surface area contributed by atoms with E-state index in [9.17, 15) is 12.8 Å². The van der Waals surface area contributed by atoms with Gasteiger partial charge in [-0.3, -0.25) is 5.10 Å². The van der Waals surface area contributed by atoms with Crippen molar-refractivity contribution < 1.29 is 12.8 Å². The largest absolute Gasteiger partial charge is 0.266 e. The number of sulfone groups is 1. The molecule has 1 heterocycles. The minimum Gasteiger partial charge on any atom is -0.266 e. The Morgan fingerprint density at radius 2 is 2.10 bits per heavy atom. The highest BCUT2D eigenvalue weighted by Gasteiger charge is 2.23. The molecule has 0 fully saturated rings. The Hall–Kier alpha value is -0.760. The number of hydrogen-bond donors (Lipinski definition) is 2. The van der Waals surface area contributed by atoms with E-state index >= 15 is 0 Å². The Kier molecular flexibility index (Phi) is 4.34. The highest BCUT2D eigenvalue weighted by molar-refractivity contribution is 7.90. The van der Waals surface area contributed by atoms with Gasteiger partial charge in [0.25, 0.3) is 0 Å². The molecule has 0 radical (unpaired) electrons. The first-order valence-electron chi connectivity index (χ1n) is 5.27. The molecule has 9 heteroatoms. The molecule has 0 saturated carbocycles. The van der Waals surface area contributed by atoms with Crippen molar-refractivity contribution >= 4 is 45.7 Å². The maximum Gasteiger partial charge on any atom is 0.192 e. The molecule has 0 aliphatic heterocycles. The van der Waals surface area contributed by atoms with Gasteiger partial charge in [0.05, 0.1) is 10.9 Å². The van der Waals surface area contributed by atoms with Crippen LogP contribution < -0.4 is 0 Å². The van der Waals surface area contributed by atoms with E-state index in [4.69, 9.17) is 23.2 Å². The Morgan fingerprint density at radius 1 is 1.45 bits per heavy atom. The maximum atomic E-state index is 14.0. The quantitative estimate of drug-likeness (QED) is 0.656. The van der Waals surface area contributed by atoms with Crippen molar-refractivity contribution in [3.05, 3.63) is 28.5 Å². The lowest BCUT2D eigenvalue weighted by molar-refractivity contribution is 0.597. The summed E-state index contributed by atoms with van der Waals surface area (Å²) in [4.78, 5) is 0.354. The second-order valence-corrected chi connectivity index (χ2v) is 7.18. The van der Waals surface area contributed by atoms with Crippen molar-refractivity contribution in [1.29, 1.82) is 0 Å². The van der Waals surface area contributed by atoms with E-state index in [1.165, 1.54) is 6.07 Å². The van der Waals surface area contributed by atoms with E-state index in [-0.39, 0.29) is 32.7 Å². The summed E-state index contributed by atoms with van der Waals surface area (Å²) in [6, 6.07) is 2.46. The molecule has 0 amide bonds. The van der Waals surface area contributed by atoms with Gasteiger partial charge in [0.1, 0.15) is 11.5 Å². The zero-order valence-electron chi connectivity index (χ0n) is 10.1. The van der Waals surface area contributed by atoms with Gasteiger partial charge in [-0.1, -0.05) is 11.6 Å². The van der Waals surface area contributed by atoms with Gasteiger partial charge in [0, 0.05) is 22.3 Å². The molecule has 108 valence electrons. The van der Waals surface area contributed by atoms with E-state index in [1.807, 2.05) is 0 Å². The molecular formula is C11H9Cl2FN2O2S2. The fourth-order valence-corrected chi connectivity index (χ4v) is 3.23. The second kappa shape index (κ2) is 5.55. The predicted molar refractivity (Wildman–Crippen MR) is 78.9 cm³/mol. The van der Waals surface area contributed by atoms with Gasteiger partial charge in [0.15, 0.2) is 14.9 Å². The average molecular weight is 355 g/mol. The zero-order chi connectivity index (χ0) is 15.1. The molecule has 0 spiro atoms. The molecule has 0 atom stereocenters. The summed E-state index contributed by atoms with van der Waals surface area (Å²) in [7, 11) is -3.53. The van der Waals surface area contributed by atoms with Crippen LogP contribution in [0, 0.1) is 5.82 Å². The summed E-state index contributed by atoms with van der Waals surface area (Å²) in [6.45, 7) is 0. The van der Waals surface area contributed by atoms with Crippen molar-refractivity contribution in [1.82, 2.24) is 10.2 Å². The van der Waals surface area contributed by atoms with Crippen molar-refractivity contribution in [2.75, 3.05) is 6.26 Å². The van der Waals surface area contributed by atoms with Crippen LogP contribution in [0.1, 0.15) is 5.56 Å². The van der Waals surface area contributed by atoms with E-state index in [2.05, 4.69) is 22.8 Å². The Morgan fingerprint density at radius 3 is 2.65 bits per heavy atom. The summed E-state index contributed by atoms with van der Waals surface area (Å²) in [5, 5.41) is 6.25. The number of hydrogen-bond acceptors (Lipinski definition) is 4. The number of thiol groups is 1. The van der Waals surface area contributed by atoms with Crippen LogP contribution >= 0.6 is 35.8 Å². The molecule has 1 N–H and O–H groups in total. The van der Waals surface area contributed by atoms with Gasteiger partial charge < -0.3 is 0 Å². The summed E-state index contributed by atoms with van der Waals surface area (Å²) < 4.78 is 37.2. The van der Waals surface area contributed by atoms with Gasteiger partial charge in [-0.15, -0.1) is 24.2 Å². The van der Waals surface area contributed by atoms with Crippen LogP contribution in [0.4, 0.5) is 4.39 Å². The molecule has 0 aliphatic carbocycles. The van der Waals surface area contributed by atoms with Crippen LogP contribution in [0.25, 0.3) is 11.3 Å². The SMILES string of the molecule is CS(=O)(=O)c1[nH]nc(-c2cc(S)c(Cl)cc2F)c1CCl. The standard InChI is InChI=1S/C11H9Cl2FN2O2S2/c1-20(17,18)11-6(4-12)10(15-16-11)5-2-9(19)7(13)3-8(5)14/h2-3,19H,4H2,1H3,(H,15,16). The number of benzene rings is 1. The van der Waals surface area contributed by atoms with Crippen LogP contribution in [-0.2, 0) is 15.7 Å². The van der Waals surface area contributed by atoms with Crippen molar-refractivity contribution in [3.8, 4) is 11.3 Å². The minimum atomic E-state index is -3.53. The molecule has 0 unspecified atom stereocenters. The Labute approximate surface area is 130 Å². The number of alkyl halides is 1. The third-order valence-electron chi connectivity index (χ3n) is 2.63. The second-order valence-electron chi connectivity index (χ2n) is 4.07. The Bertz CT molecular complexity index is 775. The van der Waals surface area contributed by atoms with E-state index in [1.54, 1.807) is 0 Å². The third kappa shape index (κ3) is 2.81. The number of halogens is 3. The van der Waals surface area contributed by atoms with E-state index in [0.717, 1.165) is 12.3 Å². The minimum absolute atomic E-state index is 0.0844. The number of H-pyrrole nitrogens is 1. The molecular weight excluding hydrogens is 346 g/mol. The van der Waals surface area contributed by atoms with Crippen LogP contribution in [0.5, 0.6) is 0 Å². The fourth-order valence-electron chi connectivity index (χ4n) is 1.72. The van der Waals surface area contributed by atoms with Crippen molar-refractivity contribution in [3.63, 3.8) is 0 Å². The third-order valence-corrected chi connectivity index (χ3v) is 4.79. The molecule has 1 aromatic carbocycles. The first-order valence-corrected chi connectivity index (χ1v) is 8.52. The lowest BCUT2D eigenvalue weighted by Crippen LogP contribution is -2.01. The Balaban J connectivity index is 2.72. The van der Waals surface area contributed by atoms with Crippen LogP contribution in [-0.4, -0.2) is 24.9 Å². The zero-order valence-corrected chi connectivity index (χ0v) is 13.3. The van der Waals surface area contributed by atoms with Gasteiger partial charge in [-0.05, 0) is 12.1 Å². The number of aromatic nitrogens is 2. The van der Waals surface area contributed by atoms with Gasteiger partial charge in [-0.25, -0.2) is 12.8 Å². The molecule has 0 saturated heterocycles. The predicted octanol–water partition coefficient (Wildman–Crippen LogP) is 3.30. The molecule has 4 nitrogen and oxygen atoms in total. The molecule has 1 aromatic heterocycles. The number of rotatable bonds is 3.